The van der Waals surface area contributed by atoms with E-state index in [2.05, 4.69) is 11.8 Å². The fourth-order valence-corrected chi connectivity index (χ4v) is 1.86. The minimum atomic E-state index is -0.376. The predicted molar refractivity (Wildman–Crippen MR) is 73.4 cm³/mol. The van der Waals surface area contributed by atoms with Crippen molar-refractivity contribution in [3.63, 3.8) is 0 Å². The van der Waals surface area contributed by atoms with E-state index in [0.717, 1.165) is 5.56 Å². The van der Waals surface area contributed by atoms with Crippen LogP contribution in [0.4, 0.5) is 0 Å². The first-order valence-corrected chi connectivity index (χ1v) is 5.89. The third-order valence-corrected chi connectivity index (χ3v) is 2.74. The minimum Gasteiger partial charge on any atom is -0.292 e. The van der Waals surface area contributed by atoms with E-state index in [-0.39, 0.29) is 11.7 Å². The zero-order chi connectivity index (χ0) is 12.8. The summed E-state index contributed by atoms with van der Waals surface area (Å²) < 4.78 is 0. The number of ketones is 1. The summed E-state index contributed by atoms with van der Waals surface area (Å²) in [6.07, 6.45) is 0. The van der Waals surface area contributed by atoms with Crippen molar-refractivity contribution in [2.24, 2.45) is 0 Å². The van der Waals surface area contributed by atoms with Crippen molar-refractivity contribution < 1.29 is 4.79 Å². The molecule has 18 heavy (non-hydrogen) atoms. The van der Waals surface area contributed by atoms with Crippen molar-refractivity contribution in [1.29, 1.82) is 0 Å². The average molecular weight is 234 g/mol. The maximum atomic E-state index is 12.4. The highest BCUT2D eigenvalue weighted by Gasteiger charge is 2.19. The van der Waals surface area contributed by atoms with E-state index in [1.807, 2.05) is 60.7 Å². The van der Waals surface area contributed by atoms with Gasteiger partial charge in [-0.05, 0) is 12.5 Å². The van der Waals surface area contributed by atoms with E-state index in [9.17, 15) is 4.79 Å². The van der Waals surface area contributed by atoms with Crippen LogP contribution in [-0.4, -0.2) is 5.78 Å². The van der Waals surface area contributed by atoms with Crippen LogP contribution >= 0.6 is 0 Å². The molecule has 0 aromatic heterocycles. The molecule has 0 spiro atoms. The molecule has 0 aliphatic carbocycles. The summed E-state index contributed by atoms with van der Waals surface area (Å²) in [7, 11) is 0. The summed E-state index contributed by atoms with van der Waals surface area (Å²) in [6, 6.07) is 19.0. The van der Waals surface area contributed by atoms with Crippen molar-refractivity contribution in [2.45, 2.75) is 12.8 Å². The van der Waals surface area contributed by atoms with Gasteiger partial charge in [-0.1, -0.05) is 66.6 Å². The molecule has 1 nitrogen and oxygen atoms in total. The number of carbonyl (C=O) groups excluding carboxylic acids is 1. The van der Waals surface area contributed by atoms with Crippen LogP contribution in [0.2, 0.25) is 0 Å². The van der Waals surface area contributed by atoms with Crippen LogP contribution < -0.4 is 0 Å². The normalized spacial score (nSPS) is 11.2. The Morgan fingerprint density at radius 2 is 1.50 bits per heavy atom. The lowest BCUT2D eigenvalue weighted by atomic mass is 9.91. The van der Waals surface area contributed by atoms with Gasteiger partial charge < -0.3 is 0 Å². The van der Waals surface area contributed by atoms with Crippen molar-refractivity contribution in [3.05, 3.63) is 71.8 Å². The largest absolute Gasteiger partial charge is 0.292 e. The molecule has 88 valence electrons. The van der Waals surface area contributed by atoms with Gasteiger partial charge in [0.15, 0.2) is 5.78 Å². The quantitative estimate of drug-likeness (QED) is 0.585. The molecule has 0 bridgehead atoms. The Balaban J connectivity index is 2.37. The molecular formula is C17H14O. The molecule has 0 saturated carbocycles. The summed E-state index contributed by atoms with van der Waals surface area (Å²) in [6.45, 7) is 1.76. The van der Waals surface area contributed by atoms with Gasteiger partial charge in [-0.15, -0.1) is 5.92 Å². The van der Waals surface area contributed by atoms with Crippen molar-refractivity contribution >= 4 is 5.78 Å². The van der Waals surface area contributed by atoms with Crippen LogP contribution in [0.5, 0.6) is 0 Å². The van der Waals surface area contributed by atoms with Gasteiger partial charge in [0.2, 0.25) is 0 Å². The second-order valence-electron chi connectivity index (χ2n) is 3.97. The van der Waals surface area contributed by atoms with Gasteiger partial charge in [0.05, 0.1) is 0 Å². The summed E-state index contributed by atoms with van der Waals surface area (Å²) in [4.78, 5) is 12.4. The van der Waals surface area contributed by atoms with E-state index in [4.69, 9.17) is 0 Å². The van der Waals surface area contributed by atoms with Crippen LogP contribution in [0.25, 0.3) is 0 Å². The Morgan fingerprint density at radius 1 is 0.944 bits per heavy atom. The van der Waals surface area contributed by atoms with E-state index in [1.165, 1.54) is 0 Å². The smallest absolute Gasteiger partial charge is 0.182 e. The first kappa shape index (κ1) is 12.1. The summed E-state index contributed by atoms with van der Waals surface area (Å²) >= 11 is 0. The maximum Gasteiger partial charge on any atom is 0.182 e. The lowest BCUT2D eigenvalue weighted by Crippen LogP contribution is -2.11. The molecule has 1 heteroatoms. The summed E-state index contributed by atoms with van der Waals surface area (Å²) in [5, 5.41) is 0. The SMILES string of the molecule is CC#CC(C(=O)c1ccccc1)c1ccccc1. The summed E-state index contributed by atoms with van der Waals surface area (Å²) in [5.74, 6) is 5.52. The number of hydrogen-bond donors (Lipinski definition) is 0. The number of benzene rings is 2. The van der Waals surface area contributed by atoms with Crippen LogP contribution in [0, 0.1) is 11.8 Å². The highest BCUT2D eigenvalue weighted by molar-refractivity contribution is 6.02. The second kappa shape index (κ2) is 5.84. The zero-order valence-electron chi connectivity index (χ0n) is 10.3. The van der Waals surface area contributed by atoms with Crippen molar-refractivity contribution in [1.82, 2.24) is 0 Å². The molecule has 2 aromatic rings. The minimum absolute atomic E-state index is 0.0520. The molecule has 0 radical (unpaired) electrons. The van der Waals surface area contributed by atoms with Crippen molar-refractivity contribution in [2.75, 3.05) is 0 Å². The number of carbonyl (C=O) groups is 1. The Morgan fingerprint density at radius 3 is 2.06 bits per heavy atom. The fraction of sp³-hybridized carbons (Fsp3) is 0.118. The second-order valence-corrected chi connectivity index (χ2v) is 3.97. The third-order valence-electron chi connectivity index (χ3n) is 2.74. The molecule has 1 unspecified atom stereocenters. The van der Waals surface area contributed by atoms with Gasteiger partial charge in [-0.2, -0.15) is 0 Å². The highest BCUT2D eigenvalue weighted by Crippen LogP contribution is 2.20. The Bertz CT molecular complexity index is 573. The zero-order valence-corrected chi connectivity index (χ0v) is 10.3. The van der Waals surface area contributed by atoms with E-state index >= 15 is 0 Å². The molecular weight excluding hydrogens is 220 g/mol. The molecule has 0 amide bonds. The summed E-state index contributed by atoms with van der Waals surface area (Å²) in [5.41, 5.74) is 1.65. The van der Waals surface area contributed by atoms with Crippen LogP contribution in [0.1, 0.15) is 28.8 Å². The third kappa shape index (κ3) is 2.67. The number of rotatable bonds is 3. The molecule has 2 aromatic carbocycles. The van der Waals surface area contributed by atoms with Gasteiger partial charge >= 0.3 is 0 Å². The van der Waals surface area contributed by atoms with Crippen molar-refractivity contribution in [3.8, 4) is 11.8 Å². The molecule has 0 heterocycles. The van der Waals surface area contributed by atoms with Crippen LogP contribution in [-0.2, 0) is 0 Å². The van der Waals surface area contributed by atoms with E-state index in [0.29, 0.717) is 5.56 Å². The first-order valence-electron chi connectivity index (χ1n) is 5.89. The Hall–Kier alpha value is -2.33. The van der Waals surface area contributed by atoms with Crippen LogP contribution in [0.15, 0.2) is 60.7 Å². The lowest BCUT2D eigenvalue weighted by Gasteiger charge is -2.10. The average Bonchev–Trinajstić information content (AvgIpc) is 2.46. The Labute approximate surface area is 107 Å². The molecule has 0 aliphatic rings. The molecule has 0 aliphatic heterocycles. The van der Waals surface area contributed by atoms with Gasteiger partial charge in [0.25, 0.3) is 0 Å². The number of hydrogen-bond acceptors (Lipinski definition) is 1. The lowest BCUT2D eigenvalue weighted by molar-refractivity contribution is 0.0979. The van der Waals surface area contributed by atoms with E-state index in [1.54, 1.807) is 6.92 Å². The standard InChI is InChI=1S/C17H14O/c1-2-9-16(14-10-5-3-6-11-14)17(18)15-12-7-4-8-13-15/h3-8,10-13,16H,1H3. The van der Waals surface area contributed by atoms with Gasteiger partial charge in [-0.3, -0.25) is 4.79 Å². The van der Waals surface area contributed by atoms with Gasteiger partial charge in [0, 0.05) is 5.56 Å². The molecule has 0 fully saturated rings. The van der Waals surface area contributed by atoms with Gasteiger partial charge in [-0.25, -0.2) is 0 Å². The topological polar surface area (TPSA) is 17.1 Å². The Kier molecular flexibility index (Phi) is 3.94. The number of Topliss-reactive ketones (excluding diaryl/α,β-unsaturated/α-hetero) is 1. The van der Waals surface area contributed by atoms with Crippen LogP contribution in [0.3, 0.4) is 0 Å². The first-order chi connectivity index (χ1) is 8.83. The van der Waals surface area contributed by atoms with Gasteiger partial charge in [0.1, 0.15) is 5.92 Å². The highest BCUT2D eigenvalue weighted by atomic mass is 16.1. The predicted octanol–water partition coefficient (Wildman–Crippen LogP) is 3.68. The molecule has 2 rings (SSSR count). The fourth-order valence-electron chi connectivity index (χ4n) is 1.86. The monoisotopic (exact) mass is 234 g/mol. The molecule has 0 saturated heterocycles. The van der Waals surface area contributed by atoms with E-state index < -0.39 is 0 Å². The molecule has 1 atom stereocenters. The molecule has 0 N–H and O–H groups in total. The maximum absolute atomic E-state index is 12.4.